The molecule has 80 valence electrons. The molecule has 0 aliphatic carbocycles. The normalized spacial score (nSPS) is 9.80. The molecule has 1 rings (SSSR count). The van der Waals surface area contributed by atoms with E-state index >= 15 is 0 Å². The van der Waals surface area contributed by atoms with E-state index in [2.05, 4.69) is 0 Å². The zero-order valence-electron chi connectivity index (χ0n) is 7.05. The van der Waals surface area contributed by atoms with Crippen LogP contribution in [0.25, 0.3) is 0 Å². The summed E-state index contributed by atoms with van der Waals surface area (Å²) in [5, 5.41) is 9.33. The Morgan fingerprint density at radius 2 is 1.93 bits per heavy atom. The fourth-order valence-corrected chi connectivity index (χ4v) is 0.966. The van der Waals surface area contributed by atoms with Gasteiger partial charge in [0.1, 0.15) is 11.5 Å². The second-order valence-corrected chi connectivity index (χ2v) is 2.88. The Labute approximate surface area is 87.5 Å². The standard InChI is InChI=1S/C8H4ClF2NO3/c9-3-1-2-4(10)6(5(3)11)12-7(13)8(14)15/h1-2H,(H,12,13)(H,14,15). The first-order valence-electron chi connectivity index (χ1n) is 3.61. The number of carbonyl (C=O) groups is 2. The maximum Gasteiger partial charge on any atom is 0.394 e. The minimum atomic E-state index is -1.85. The molecule has 4 nitrogen and oxygen atoms in total. The smallest absolute Gasteiger partial charge is 0.394 e. The second kappa shape index (κ2) is 4.22. The summed E-state index contributed by atoms with van der Waals surface area (Å²) >= 11 is 5.31. The molecule has 1 aromatic rings. The van der Waals surface area contributed by atoms with Crippen LogP contribution in [0.5, 0.6) is 0 Å². The van der Waals surface area contributed by atoms with Gasteiger partial charge in [-0.1, -0.05) is 11.6 Å². The largest absolute Gasteiger partial charge is 0.474 e. The van der Waals surface area contributed by atoms with Crippen LogP contribution in [0.15, 0.2) is 12.1 Å². The van der Waals surface area contributed by atoms with Gasteiger partial charge in [0.05, 0.1) is 5.02 Å². The van der Waals surface area contributed by atoms with Gasteiger partial charge in [-0.3, -0.25) is 4.79 Å². The average molecular weight is 236 g/mol. The van der Waals surface area contributed by atoms with Gasteiger partial charge < -0.3 is 10.4 Å². The van der Waals surface area contributed by atoms with Gasteiger partial charge in [-0.25, -0.2) is 13.6 Å². The predicted octanol–water partition coefficient (Wildman–Crippen LogP) is 1.64. The number of amides is 1. The first-order chi connectivity index (χ1) is 6.93. The van der Waals surface area contributed by atoms with Crippen LogP contribution in [0.2, 0.25) is 5.02 Å². The van der Waals surface area contributed by atoms with Crippen LogP contribution in [0.4, 0.5) is 14.5 Å². The van der Waals surface area contributed by atoms with Gasteiger partial charge in [0.15, 0.2) is 5.82 Å². The molecule has 0 spiro atoms. The van der Waals surface area contributed by atoms with Crippen LogP contribution in [0, 0.1) is 11.6 Å². The van der Waals surface area contributed by atoms with Crippen molar-refractivity contribution < 1.29 is 23.5 Å². The van der Waals surface area contributed by atoms with E-state index in [9.17, 15) is 18.4 Å². The number of rotatable bonds is 1. The van der Waals surface area contributed by atoms with Crippen molar-refractivity contribution in [1.29, 1.82) is 0 Å². The SMILES string of the molecule is O=C(O)C(=O)Nc1c(F)ccc(Cl)c1F. The first kappa shape index (κ1) is 11.4. The van der Waals surface area contributed by atoms with E-state index in [0.29, 0.717) is 0 Å². The third-order valence-corrected chi connectivity index (χ3v) is 1.77. The molecule has 0 radical (unpaired) electrons. The van der Waals surface area contributed by atoms with E-state index in [1.807, 2.05) is 0 Å². The molecule has 1 amide bonds. The number of hydrogen-bond donors (Lipinski definition) is 2. The lowest BCUT2D eigenvalue weighted by atomic mass is 10.3. The quantitative estimate of drug-likeness (QED) is 0.574. The average Bonchev–Trinajstić information content (AvgIpc) is 2.18. The van der Waals surface area contributed by atoms with Crippen molar-refractivity contribution in [3.63, 3.8) is 0 Å². The molecule has 0 saturated carbocycles. The summed E-state index contributed by atoms with van der Waals surface area (Å²) in [6, 6.07) is 1.76. The molecule has 2 N–H and O–H groups in total. The van der Waals surface area contributed by atoms with E-state index in [1.54, 1.807) is 5.32 Å². The van der Waals surface area contributed by atoms with Gasteiger partial charge in [0.25, 0.3) is 0 Å². The Hall–Kier alpha value is -1.69. The molecular formula is C8H4ClF2NO3. The maximum atomic E-state index is 13.1. The van der Waals surface area contributed by atoms with E-state index in [1.165, 1.54) is 0 Å². The first-order valence-corrected chi connectivity index (χ1v) is 3.99. The molecule has 0 aromatic heterocycles. The van der Waals surface area contributed by atoms with Gasteiger partial charge in [0, 0.05) is 0 Å². The zero-order chi connectivity index (χ0) is 11.6. The molecule has 0 saturated heterocycles. The molecule has 0 fully saturated rings. The van der Waals surface area contributed by atoms with E-state index < -0.39 is 34.2 Å². The summed E-state index contributed by atoms with van der Waals surface area (Å²) in [6.45, 7) is 0. The highest BCUT2D eigenvalue weighted by atomic mass is 35.5. The molecule has 0 aliphatic heterocycles. The third kappa shape index (κ3) is 2.41. The molecule has 0 aliphatic rings. The number of benzene rings is 1. The molecule has 0 unspecified atom stereocenters. The fourth-order valence-electron chi connectivity index (χ4n) is 0.809. The lowest BCUT2D eigenvalue weighted by Crippen LogP contribution is -2.23. The fraction of sp³-hybridized carbons (Fsp3) is 0. The van der Waals surface area contributed by atoms with Crippen LogP contribution in [0.1, 0.15) is 0 Å². The number of halogens is 3. The minimum absolute atomic E-state index is 0.419. The molecule has 15 heavy (non-hydrogen) atoms. The Balaban J connectivity index is 3.09. The number of carboxylic acids is 1. The van der Waals surface area contributed by atoms with Gasteiger partial charge >= 0.3 is 11.9 Å². The third-order valence-electron chi connectivity index (χ3n) is 1.48. The van der Waals surface area contributed by atoms with Crippen molar-refractivity contribution in [3.8, 4) is 0 Å². The van der Waals surface area contributed by atoms with Crippen molar-refractivity contribution in [2.24, 2.45) is 0 Å². The van der Waals surface area contributed by atoms with Gasteiger partial charge in [-0.2, -0.15) is 0 Å². The Morgan fingerprint density at radius 1 is 1.33 bits per heavy atom. The summed E-state index contributed by atoms with van der Waals surface area (Å²) in [7, 11) is 0. The minimum Gasteiger partial charge on any atom is -0.474 e. The predicted molar refractivity (Wildman–Crippen MR) is 47.6 cm³/mol. The van der Waals surface area contributed by atoms with E-state index in [0.717, 1.165) is 12.1 Å². The highest BCUT2D eigenvalue weighted by molar-refractivity contribution is 6.37. The Bertz CT molecular complexity index is 436. The topological polar surface area (TPSA) is 66.4 Å². The van der Waals surface area contributed by atoms with Crippen LogP contribution >= 0.6 is 11.6 Å². The van der Waals surface area contributed by atoms with Gasteiger partial charge in [-0.15, -0.1) is 0 Å². The number of anilines is 1. The summed E-state index contributed by atoms with van der Waals surface area (Å²) in [6.07, 6.45) is 0. The molecule has 0 bridgehead atoms. The molecule has 0 heterocycles. The number of nitrogens with one attached hydrogen (secondary N) is 1. The Kier molecular flexibility index (Phi) is 3.21. The molecular weight excluding hydrogens is 232 g/mol. The van der Waals surface area contributed by atoms with Crippen LogP contribution in [0.3, 0.4) is 0 Å². The number of aliphatic carboxylic acids is 1. The van der Waals surface area contributed by atoms with E-state index in [4.69, 9.17) is 16.7 Å². The van der Waals surface area contributed by atoms with Gasteiger partial charge in [0.2, 0.25) is 0 Å². The van der Waals surface area contributed by atoms with Crippen molar-refractivity contribution in [2.45, 2.75) is 0 Å². The second-order valence-electron chi connectivity index (χ2n) is 2.48. The maximum absolute atomic E-state index is 13.1. The summed E-state index contributed by atoms with van der Waals surface area (Å²) < 4.78 is 26.1. The number of carbonyl (C=O) groups excluding carboxylic acids is 1. The zero-order valence-corrected chi connectivity index (χ0v) is 7.81. The molecule has 1 aromatic carbocycles. The van der Waals surface area contributed by atoms with Crippen LogP contribution < -0.4 is 5.32 Å². The number of carboxylic acid groups (broad SMARTS) is 1. The summed E-state index contributed by atoms with van der Waals surface area (Å²) in [4.78, 5) is 20.8. The highest BCUT2D eigenvalue weighted by Crippen LogP contribution is 2.25. The number of hydrogen-bond acceptors (Lipinski definition) is 2. The summed E-state index contributed by atoms with van der Waals surface area (Å²) in [5.41, 5.74) is -0.880. The highest BCUT2D eigenvalue weighted by Gasteiger charge is 2.18. The van der Waals surface area contributed by atoms with Crippen molar-refractivity contribution in [3.05, 3.63) is 28.8 Å². The lowest BCUT2D eigenvalue weighted by Gasteiger charge is -2.05. The monoisotopic (exact) mass is 235 g/mol. The molecule has 7 heteroatoms. The van der Waals surface area contributed by atoms with Crippen molar-refractivity contribution >= 4 is 29.2 Å². The van der Waals surface area contributed by atoms with Crippen molar-refractivity contribution in [1.82, 2.24) is 0 Å². The van der Waals surface area contributed by atoms with E-state index in [-0.39, 0.29) is 0 Å². The lowest BCUT2D eigenvalue weighted by molar-refractivity contribution is -0.147. The van der Waals surface area contributed by atoms with Crippen LogP contribution in [-0.2, 0) is 9.59 Å². The van der Waals surface area contributed by atoms with Crippen molar-refractivity contribution in [2.75, 3.05) is 5.32 Å². The van der Waals surface area contributed by atoms with Crippen LogP contribution in [-0.4, -0.2) is 17.0 Å². The molecule has 0 atom stereocenters. The summed E-state index contributed by atoms with van der Waals surface area (Å²) in [5.74, 6) is -5.72. The van der Waals surface area contributed by atoms with Gasteiger partial charge in [-0.05, 0) is 12.1 Å². The Morgan fingerprint density at radius 3 is 2.47 bits per heavy atom.